The summed E-state index contributed by atoms with van der Waals surface area (Å²) >= 11 is 6.79. The Morgan fingerprint density at radius 2 is 1.71 bits per heavy atom. The topological polar surface area (TPSA) is 96.3 Å². The van der Waals surface area contributed by atoms with Gasteiger partial charge in [0.25, 0.3) is 17.0 Å². The smallest absolute Gasteiger partial charge is 0.296 e. The highest BCUT2D eigenvalue weighted by Crippen LogP contribution is 2.39. The van der Waals surface area contributed by atoms with Gasteiger partial charge >= 0.3 is 0 Å². The molecule has 0 bridgehead atoms. The molecule has 11 heteroatoms. The Hall–Kier alpha value is -3.88. The third-order valence-corrected chi connectivity index (χ3v) is 9.45. The number of carbonyl (C=O) groups excluding carboxylic acids is 1. The zero-order valence-electron chi connectivity index (χ0n) is 24.7. The number of para-hydroxylation sites is 1. The molecule has 42 heavy (non-hydrogen) atoms. The molecule has 0 N–H and O–H groups in total. The van der Waals surface area contributed by atoms with Crippen LogP contribution in [-0.2, 0) is 18.4 Å². The lowest BCUT2D eigenvalue weighted by atomic mass is 9.91. The number of rotatable bonds is 5. The van der Waals surface area contributed by atoms with Crippen molar-refractivity contribution >= 4 is 51.8 Å². The van der Waals surface area contributed by atoms with Crippen LogP contribution in [-0.4, -0.2) is 37.2 Å². The van der Waals surface area contributed by atoms with E-state index in [9.17, 15) is 19.6 Å². The molecule has 2 aliphatic rings. The molecule has 0 spiro atoms. The summed E-state index contributed by atoms with van der Waals surface area (Å²) in [5, 5.41) is 9.92. The summed E-state index contributed by atoms with van der Waals surface area (Å²) in [7, 11) is 1.77. The Kier molecular flexibility index (Phi) is 8.05. The number of amides is 1. The molecule has 0 radical (unpaired) electrons. The molecule has 2 saturated heterocycles. The Labute approximate surface area is 254 Å². The fourth-order valence-corrected chi connectivity index (χ4v) is 7.47. The van der Waals surface area contributed by atoms with Crippen LogP contribution in [0.15, 0.2) is 44.8 Å². The summed E-state index contributed by atoms with van der Waals surface area (Å²) in [5.41, 5.74) is 2.05. The molecule has 4 heterocycles. The first-order valence-electron chi connectivity index (χ1n) is 14.0. The molecule has 1 amide bonds. The first kappa shape index (κ1) is 29.6. The summed E-state index contributed by atoms with van der Waals surface area (Å²) in [5.74, 6) is 1.15. The fourth-order valence-electron chi connectivity index (χ4n) is 6.22. The van der Waals surface area contributed by atoms with E-state index in [1.54, 1.807) is 36.2 Å². The molecule has 9 nitrogen and oxygen atoms in total. The number of hydrogen-bond donors (Lipinski definition) is 0. The van der Waals surface area contributed by atoms with Crippen molar-refractivity contribution in [3.63, 3.8) is 0 Å². The van der Waals surface area contributed by atoms with Gasteiger partial charge in [-0.2, -0.15) is 5.26 Å². The number of anilines is 2. The molecule has 218 valence electrons. The van der Waals surface area contributed by atoms with Gasteiger partial charge in [0.15, 0.2) is 4.32 Å². The van der Waals surface area contributed by atoms with Crippen molar-refractivity contribution in [2.24, 2.45) is 18.9 Å². The number of hydrogen-bond acceptors (Lipinski definition) is 7. The number of piperidine rings is 1. The maximum absolute atomic E-state index is 14.0. The molecule has 2 atom stereocenters. The summed E-state index contributed by atoms with van der Waals surface area (Å²) in [6.45, 7) is 11.7. The number of nitrogens with zero attached hydrogens (tertiary/aromatic N) is 6. The van der Waals surface area contributed by atoms with Crippen molar-refractivity contribution in [3.8, 4) is 11.8 Å². The molecule has 2 aromatic heterocycles. The van der Waals surface area contributed by atoms with Crippen LogP contribution in [0.1, 0.15) is 49.6 Å². The molecule has 2 unspecified atom stereocenters. The Bertz CT molecular complexity index is 1780. The normalized spacial score (nSPS) is 20.1. The van der Waals surface area contributed by atoms with Gasteiger partial charge in [-0.1, -0.05) is 56.0 Å². The van der Waals surface area contributed by atoms with Gasteiger partial charge < -0.3 is 4.90 Å². The van der Waals surface area contributed by atoms with Crippen molar-refractivity contribution < 1.29 is 4.79 Å². The Morgan fingerprint density at radius 3 is 2.31 bits per heavy atom. The van der Waals surface area contributed by atoms with E-state index in [0.29, 0.717) is 51.6 Å². The minimum absolute atomic E-state index is 0.0603. The van der Waals surface area contributed by atoms with Crippen molar-refractivity contribution in [2.75, 3.05) is 22.9 Å². The number of aromatic nitrogens is 3. The first-order valence-corrected chi connectivity index (χ1v) is 15.3. The van der Waals surface area contributed by atoms with E-state index in [1.807, 2.05) is 37.3 Å². The lowest BCUT2D eigenvalue weighted by Crippen LogP contribution is -2.42. The average Bonchev–Trinajstić information content (AvgIpc) is 3.34. The second kappa shape index (κ2) is 11.4. The van der Waals surface area contributed by atoms with Gasteiger partial charge in [-0.3, -0.25) is 28.5 Å². The van der Waals surface area contributed by atoms with Crippen molar-refractivity contribution in [1.29, 1.82) is 5.26 Å². The number of pyridine rings is 1. The van der Waals surface area contributed by atoms with Crippen LogP contribution in [0.3, 0.4) is 0 Å². The maximum Gasteiger partial charge on any atom is 0.296 e. The lowest BCUT2D eigenvalue weighted by molar-refractivity contribution is -0.113. The van der Waals surface area contributed by atoms with E-state index in [4.69, 9.17) is 12.2 Å². The standard InChI is InChI=1S/C31H34N6O3S2/c1-7-35-27(34-16-18(2)13-19(3)17-34)23(20(4)24(15-32)28(35)38)14-25-29(39)36(31(41)42-25)26-21(5)33(6)37(30(26)40)22-11-9-8-10-12-22/h8-12,14,18-19H,7,13,16-17H2,1-6H3/b25-14+. The maximum atomic E-state index is 14.0. The molecular formula is C31H34N6O3S2. The molecule has 0 aliphatic carbocycles. The predicted molar refractivity (Wildman–Crippen MR) is 172 cm³/mol. The fraction of sp³-hybridized carbons (Fsp3) is 0.387. The average molecular weight is 603 g/mol. The number of thiocarbonyl (C=S) groups is 1. The van der Waals surface area contributed by atoms with E-state index in [-0.39, 0.29) is 26.7 Å². The van der Waals surface area contributed by atoms with E-state index in [0.717, 1.165) is 31.3 Å². The van der Waals surface area contributed by atoms with E-state index in [1.165, 1.54) is 9.58 Å². The van der Waals surface area contributed by atoms with Crippen LogP contribution < -0.4 is 20.9 Å². The number of carbonyl (C=O) groups is 1. The third kappa shape index (κ3) is 4.82. The quantitative estimate of drug-likeness (QED) is 0.308. The Balaban J connectivity index is 1.67. The zero-order valence-corrected chi connectivity index (χ0v) is 26.3. The van der Waals surface area contributed by atoms with Gasteiger partial charge in [0.2, 0.25) is 0 Å². The van der Waals surface area contributed by atoms with Crippen LogP contribution >= 0.6 is 24.0 Å². The van der Waals surface area contributed by atoms with Gasteiger partial charge in [0.1, 0.15) is 23.1 Å². The largest absolute Gasteiger partial charge is 0.357 e. The first-order chi connectivity index (χ1) is 20.0. The predicted octanol–water partition coefficient (Wildman–Crippen LogP) is 4.73. The van der Waals surface area contributed by atoms with Crippen molar-refractivity contribution in [2.45, 2.75) is 47.6 Å². The zero-order chi connectivity index (χ0) is 30.5. The number of thioether (sulfide) groups is 1. The highest BCUT2D eigenvalue weighted by Gasteiger charge is 2.38. The summed E-state index contributed by atoms with van der Waals surface area (Å²) < 4.78 is 5.13. The summed E-state index contributed by atoms with van der Waals surface area (Å²) in [4.78, 5) is 45.0. The van der Waals surface area contributed by atoms with Gasteiger partial charge in [0, 0.05) is 32.2 Å². The van der Waals surface area contributed by atoms with Gasteiger partial charge in [-0.25, -0.2) is 4.68 Å². The van der Waals surface area contributed by atoms with Crippen LogP contribution in [0.5, 0.6) is 0 Å². The van der Waals surface area contributed by atoms with Gasteiger partial charge in [-0.15, -0.1) is 0 Å². The van der Waals surface area contributed by atoms with Crippen LogP contribution in [0.4, 0.5) is 11.5 Å². The second-order valence-corrected chi connectivity index (χ2v) is 12.9. The molecular weight excluding hydrogens is 569 g/mol. The molecule has 0 saturated carbocycles. The minimum atomic E-state index is -0.408. The molecule has 2 fully saturated rings. The summed E-state index contributed by atoms with van der Waals surface area (Å²) in [6, 6.07) is 11.3. The van der Waals surface area contributed by atoms with Crippen LogP contribution in [0.25, 0.3) is 11.8 Å². The SMILES string of the molecule is CCn1c(N2CC(C)CC(C)C2)c(/C=C2/SC(=S)N(c3c(C)n(C)n(-c4ccccc4)c3=O)C2=O)c(C)c(C#N)c1=O. The molecule has 5 rings (SSSR count). The minimum Gasteiger partial charge on any atom is -0.357 e. The van der Waals surface area contributed by atoms with Crippen LogP contribution in [0, 0.1) is 37.0 Å². The summed E-state index contributed by atoms with van der Waals surface area (Å²) in [6.07, 6.45) is 2.83. The monoisotopic (exact) mass is 602 g/mol. The second-order valence-electron chi connectivity index (χ2n) is 11.2. The molecule has 2 aliphatic heterocycles. The number of benzene rings is 1. The molecule has 1 aromatic carbocycles. The lowest BCUT2D eigenvalue weighted by Gasteiger charge is -2.38. The van der Waals surface area contributed by atoms with E-state index >= 15 is 0 Å². The van der Waals surface area contributed by atoms with E-state index in [2.05, 4.69) is 24.8 Å². The van der Waals surface area contributed by atoms with Gasteiger partial charge in [0.05, 0.1) is 16.3 Å². The van der Waals surface area contributed by atoms with Crippen LogP contribution in [0.2, 0.25) is 0 Å². The third-order valence-electron chi connectivity index (χ3n) is 8.15. The number of nitriles is 1. The highest BCUT2D eigenvalue weighted by molar-refractivity contribution is 8.27. The highest BCUT2D eigenvalue weighted by atomic mass is 32.2. The Morgan fingerprint density at radius 1 is 1.07 bits per heavy atom. The van der Waals surface area contributed by atoms with Crippen molar-refractivity contribution in [3.05, 3.63) is 78.3 Å². The molecule has 3 aromatic rings. The van der Waals surface area contributed by atoms with Gasteiger partial charge in [-0.05, 0) is 62.8 Å². The van der Waals surface area contributed by atoms with E-state index < -0.39 is 5.91 Å². The van der Waals surface area contributed by atoms with Crippen molar-refractivity contribution in [1.82, 2.24) is 13.9 Å².